The number of benzene rings is 2. The predicted molar refractivity (Wildman–Crippen MR) is 103 cm³/mol. The third-order valence-electron chi connectivity index (χ3n) is 4.25. The molecule has 0 amide bonds. The van der Waals surface area contributed by atoms with Gasteiger partial charge in [-0.2, -0.15) is 13.2 Å². The molecule has 0 saturated carbocycles. The van der Waals surface area contributed by atoms with Gasteiger partial charge in [-0.15, -0.1) is 0 Å². The Hall–Kier alpha value is -3.04. The first-order valence-electron chi connectivity index (χ1n) is 9.07. The van der Waals surface area contributed by atoms with Gasteiger partial charge < -0.3 is 15.3 Å². The molecule has 2 aromatic carbocycles. The fraction of sp³-hybridized carbons (Fsp3) is 0.227. The van der Waals surface area contributed by atoms with Gasteiger partial charge in [0.1, 0.15) is 11.6 Å². The Morgan fingerprint density at radius 3 is 1.74 bits per heavy atom. The highest BCUT2D eigenvalue weighted by Crippen LogP contribution is 2.37. The Morgan fingerprint density at radius 2 is 1.35 bits per heavy atom. The highest BCUT2D eigenvalue weighted by molar-refractivity contribution is 5.84. The van der Waals surface area contributed by atoms with Crippen LogP contribution in [0.3, 0.4) is 0 Å². The zero-order chi connectivity index (χ0) is 23.2. The first kappa shape index (κ1) is 24.2. The van der Waals surface area contributed by atoms with E-state index in [2.05, 4.69) is 0 Å². The highest BCUT2D eigenvalue weighted by atomic mass is 19.4. The number of aliphatic hydroxyl groups excluding tert-OH is 2. The Balaban J connectivity index is 2.55. The maximum atomic E-state index is 13.9. The third kappa shape index (κ3) is 7.30. The molecule has 0 saturated heterocycles. The zero-order valence-electron chi connectivity index (χ0n) is 16.0. The van der Waals surface area contributed by atoms with Crippen molar-refractivity contribution >= 4 is 11.5 Å². The standard InChI is InChI=1S/C22H19F5O4/c23-15-5-1-13(2-6-15)21(14-3-7-16(24)8-4-14)19(22(25,26)27)10-9-17(28)11-18(29)12-20(30)31/h1-10,17-18,28-29H,11-12H2,(H,30,31)/b10-9+. The Kier molecular flexibility index (Phi) is 8.07. The molecule has 0 radical (unpaired) electrons. The molecule has 166 valence electrons. The molecule has 2 rings (SSSR count). The molecule has 9 heteroatoms. The molecule has 0 fully saturated rings. The van der Waals surface area contributed by atoms with E-state index in [4.69, 9.17) is 5.11 Å². The van der Waals surface area contributed by atoms with Gasteiger partial charge in [-0.3, -0.25) is 4.79 Å². The van der Waals surface area contributed by atoms with Crippen molar-refractivity contribution < 1.29 is 42.1 Å². The molecule has 3 N–H and O–H groups in total. The summed E-state index contributed by atoms with van der Waals surface area (Å²) in [5.74, 6) is -2.64. The smallest absolute Gasteiger partial charge is 0.417 e. The topological polar surface area (TPSA) is 77.8 Å². The van der Waals surface area contributed by atoms with Crippen molar-refractivity contribution in [1.82, 2.24) is 0 Å². The number of allylic oxidation sites excluding steroid dienone is 2. The van der Waals surface area contributed by atoms with Crippen LogP contribution in [-0.4, -0.2) is 39.7 Å². The van der Waals surface area contributed by atoms with Crippen molar-refractivity contribution in [2.75, 3.05) is 0 Å². The van der Waals surface area contributed by atoms with Crippen LogP contribution >= 0.6 is 0 Å². The SMILES string of the molecule is O=C(O)CC(O)CC(O)/C=C/C(=C(c1ccc(F)cc1)c1ccc(F)cc1)C(F)(F)F. The minimum absolute atomic E-state index is 0.00499. The molecule has 2 unspecified atom stereocenters. The van der Waals surface area contributed by atoms with E-state index in [1.54, 1.807) is 0 Å². The highest BCUT2D eigenvalue weighted by Gasteiger charge is 2.35. The number of carbonyl (C=O) groups is 1. The molecule has 2 atom stereocenters. The summed E-state index contributed by atoms with van der Waals surface area (Å²) >= 11 is 0. The van der Waals surface area contributed by atoms with Gasteiger partial charge in [0.2, 0.25) is 0 Å². The summed E-state index contributed by atoms with van der Waals surface area (Å²) in [4.78, 5) is 10.6. The van der Waals surface area contributed by atoms with Crippen molar-refractivity contribution in [2.24, 2.45) is 0 Å². The zero-order valence-corrected chi connectivity index (χ0v) is 16.0. The van der Waals surface area contributed by atoms with E-state index >= 15 is 0 Å². The van der Waals surface area contributed by atoms with Gasteiger partial charge in [0.25, 0.3) is 0 Å². The summed E-state index contributed by atoms with van der Waals surface area (Å²) in [7, 11) is 0. The minimum Gasteiger partial charge on any atom is -0.481 e. The lowest BCUT2D eigenvalue weighted by molar-refractivity contribution is -0.139. The van der Waals surface area contributed by atoms with Gasteiger partial charge in [0, 0.05) is 12.0 Å². The van der Waals surface area contributed by atoms with E-state index < -0.39 is 54.4 Å². The van der Waals surface area contributed by atoms with Crippen molar-refractivity contribution in [1.29, 1.82) is 0 Å². The Morgan fingerprint density at radius 1 is 0.903 bits per heavy atom. The van der Waals surface area contributed by atoms with Crippen LogP contribution in [0.15, 0.2) is 66.3 Å². The van der Waals surface area contributed by atoms with E-state index in [1.807, 2.05) is 0 Å². The Bertz CT molecular complexity index is 900. The summed E-state index contributed by atoms with van der Waals surface area (Å²) < 4.78 is 68.4. The summed E-state index contributed by atoms with van der Waals surface area (Å²) in [6.07, 6.45) is -7.71. The van der Waals surface area contributed by atoms with Crippen LogP contribution in [-0.2, 0) is 4.79 Å². The number of carboxylic acids is 1. The van der Waals surface area contributed by atoms with Gasteiger partial charge in [-0.25, -0.2) is 8.78 Å². The van der Waals surface area contributed by atoms with Crippen LogP contribution < -0.4 is 0 Å². The lowest BCUT2D eigenvalue weighted by Crippen LogP contribution is -2.20. The number of aliphatic hydroxyl groups is 2. The fourth-order valence-corrected chi connectivity index (χ4v) is 2.88. The van der Waals surface area contributed by atoms with Crippen molar-refractivity contribution in [2.45, 2.75) is 31.2 Å². The summed E-state index contributed by atoms with van der Waals surface area (Å²) in [6.45, 7) is 0. The van der Waals surface area contributed by atoms with Gasteiger partial charge in [0.05, 0.1) is 24.2 Å². The monoisotopic (exact) mass is 442 g/mol. The second kappa shape index (κ2) is 10.3. The van der Waals surface area contributed by atoms with Crippen LogP contribution in [0.1, 0.15) is 24.0 Å². The van der Waals surface area contributed by atoms with Gasteiger partial charge in [-0.1, -0.05) is 36.4 Å². The van der Waals surface area contributed by atoms with Crippen LogP contribution in [0.25, 0.3) is 5.57 Å². The molecule has 2 aromatic rings. The maximum Gasteiger partial charge on any atom is 0.417 e. The number of hydrogen-bond acceptors (Lipinski definition) is 3. The molecule has 0 aliphatic heterocycles. The first-order valence-corrected chi connectivity index (χ1v) is 9.07. The number of carboxylic acid groups (broad SMARTS) is 1. The third-order valence-corrected chi connectivity index (χ3v) is 4.25. The average molecular weight is 442 g/mol. The van der Waals surface area contributed by atoms with Crippen LogP contribution in [0.4, 0.5) is 22.0 Å². The molecule has 0 heterocycles. The summed E-state index contributed by atoms with van der Waals surface area (Å²) in [6, 6.07) is 8.48. The number of halogens is 5. The number of rotatable bonds is 8. The number of hydrogen-bond donors (Lipinski definition) is 3. The molecular formula is C22H19F5O4. The van der Waals surface area contributed by atoms with Gasteiger partial charge >= 0.3 is 12.1 Å². The molecule has 0 aliphatic carbocycles. The van der Waals surface area contributed by atoms with Gasteiger partial charge in [0.15, 0.2) is 0 Å². The molecule has 0 aliphatic rings. The van der Waals surface area contributed by atoms with Crippen LogP contribution in [0.5, 0.6) is 0 Å². The number of aliphatic carboxylic acids is 1. The molecule has 0 aromatic heterocycles. The van der Waals surface area contributed by atoms with E-state index in [-0.39, 0.29) is 16.7 Å². The van der Waals surface area contributed by atoms with E-state index in [0.717, 1.165) is 54.6 Å². The Labute approximate surface area is 174 Å². The molecular weight excluding hydrogens is 423 g/mol. The van der Waals surface area contributed by atoms with E-state index in [1.165, 1.54) is 0 Å². The lowest BCUT2D eigenvalue weighted by atomic mass is 9.92. The number of alkyl halides is 3. The molecule has 4 nitrogen and oxygen atoms in total. The lowest BCUT2D eigenvalue weighted by Gasteiger charge is -2.17. The van der Waals surface area contributed by atoms with E-state index in [0.29, 0.717) is 6.08 Å². The minimum atomic E-state index is -4.91. The normalized spacial score (nSPS) is 13.8. The predicted octanol–water partition coefficient (Wildman–Crippen LogP) is 4.47. The van der Waals surface area contributed by atoms with Crippen molar-refractivity contribution in [3.8, 4) is 0 Å². The first-order chi connectivity index (χ1) is 14.5. The quantitative estimate of drug-likeness (QED) is 0.417. The van der Waals surface area contributed by atoms with Crippen molar-refractivity contribution in [3.05, 3.63) is 89.0 Å². The fourth-order valence-electron chi connectivity index (χ4n) is 2.88. The second-order valence-electron chi connectivity index (χ2n) is 6.71. The van der Waals surface area contributed by atoms with Crippen LogP contribution in [0, 0.1) is 11.6 Å². The average Bonchev–Trinajstić information content (AvgIpc) is 2.65. The summed E-state index contributed by atoms with van der Waals surface area (Å²) in [5, 5.41) is 28.1. The molecule has 31 heavy (non-hydrogen) atoms. The summed E-state index contributed by atoms with van der Waals surface area (Å²) in [5.41, 5.74) is -1.56. The van der Waals surface area contributed by atoms with Gasteiger partial charge in [-0.05, 0) is 35.4 Å². The molecule has 0 spiro atoms. The van der Waals surface area contributed by atoms with Crippen molar-refractivity contribution in [3.63, 3.8) is 0 Å². The maximum absolute atomic E-state index is 13.9. The second-order valence-corrected chi connectivity index (χ2v) is 6.71. The largest absolute Gasteiger partial charge is 0.481 e. The van der Waals surface area contributed by atoms with Crippen LogP contribution in [0.2, 0.25) is 0 Å². The van der Waals surface area contributed by atoms with E-state index in [9.17, 15) is 37.0 Å². The molecule has 0 bridgehead atoms.